The van der Waals surface area contributed by atoms with E-state index in [1.165, 1.54) is 6.07 Å². The molecule has 2 atom stereocenters. The van der Waals surface area contributed by atoms with E-state index in [1.54, 1.807) is 17.0 Å². The molecule has 1 fully saturated rings. The highest BCUT2D eigenvalue weighted by atomic mass is 35.5. The summed E-state index contributed by atoms with van der Waals surface area (Å²) in [4.78, 5) is 13.9. The van der Waals surface area contributed by atoms with E-state index < -0.39 is 5.82 Å². The van der Waals surface area contributed by atoms with Gasteiger partial charge in [-0.15, -0.1) is 0 Å². The molecule has 2 rings (SSSR count). The number of benzene rings is 1. The minimum atomic E-state index is -0.467. The highest BCUT2D eigenvalue weighted by molar-refractivity contribution is 6.30. The Morgan fingerprint density at radius 2 is 2.05 bits per heavy atom. The van der Waals surface area contributed by atoms with Gasteiger partial charge < -0.3 is 10.6 Å². The third-order valence-electron chi connectivity index (χ3n) is 3.37. The fourth-order valence-electron chi connectivity index (χ4n) is 2.64. The molecule has 5 heteroatoms. The molecule has 1 heterocycles. The van der Waals surface area contributed by atoms with Crippen LogP contribution in [0.5, 0.6) is 0 Å². The van der Waals surface area contributed by atoms with Gasteiger partial charge in [0.25, 0.3) is 0 Å². The molecule has 0 spiro atoms. The van der Waals surface area contributed by atoms with Crippen LogP contribution < -0.4 is 5.73 Å². The maximum atomic E-state index is 13.2. The number of hydrogen-bond acceptors (Lipinski definition) is 2. The standard InChI is InChI=1S/C14H18ClFN2O/c1-14(2,3)18-12(19)7-11(17)13(18)8-4-5-10(16)9(15)6-8/h4-6,11,13H,7,17H2,1-3H3. The minimum absolute atomic E-state index is 0.0189. The zero-order valence-corrected chi connectivity index (χ0v) is 12.0. The van der Waals surface area contributed by atoms with E-state index in [-0.39, 0.29) is 28.6 Å². The van der Waals surface area contributed by atoms with Gasteiger partial charge in [0.15, 0.2) is 0 Å². The van der Waals surface area contributed by atoms with Gasteiger partial charge in [0.05, 0.1) is 11.1 Å². The maximum absolute atomic E-state index is 13.2. The lowest BCUT2D eigenvalue weighted by Crippen LogP contribution is -2.45. The van der Waals surface area contributed by atoms with E-state index in [0.29, 0.717) is 6.42 Å². The third-order valence-corrected chi connectivity index (χ3v) is 3.66. The quantitative estimate of drug-likeness (QED) is 0.862. The molecule has 0 aromatic heterocycles. The first-order valence-corrected chi connectivity index (χ1v) is 6.62. The second-order valence-corrected chi connectivity index (χ2v) is 6.33. The fraction of sp³-hybridized carbons (Fsp3) is 0.500. The van der Waals surface area contributed by atoms with Crippen molar-refractivity contribution in [1.82, 2.24) is 4.90 Å². The van der Waals surface area contributed by atoms with Crippen LogP contribution in [0.15, 0.2) is 18.2 Å². The Morgan fingerprint density at radius 1 is 1.42 bits per heavy atom. The maximum Gasteiger partial charge on any atom is 0.225 e. The summed E-state index contributed by atoms with van der Waals surface area (Å²) in [6.45, 7) is 5.88. The summed E-state index contributed by atoms with van der Waals surface area (Å²) in [6, 6.07) is 3.95. The molecule has 0 saturated carbocycles. The highest BCUT2D eigenvalue weighted by Crippen LogP contribution is 2.38. The normalized spacial score (nSPS) is 24.1. The van der Waals surface area contributed by atoms with E-state index in [9.17, 15) is 9.18 Å². The summed E-state index contributed by atoms with van der Waals surface area (Å²) in [5, 5.41) is 0.0536. The van der Waals surface area contributed by atoms with Crippen LogP contribution in [0, 0.1) is 5.82 Å². The van der Waals surface area contributed by atoms with Gasteiger partial charge in [-0.25, -0.2) is 4.39 Å². The first kappa shape index (κ1) is 14.3. The average molecular weight is 285 g/mol. The molecule has 2 unspecified atom stereocenters. The third kappa shape index (κ3) is 2.60. The molecule has 1 aliphatic heterocycles. The van der Waals surface area contributed by atoms with E-state index in [0.717, 1.165) is 5.56 Å². The van der Waals surface area contributed by atoms with Crippen molar-refractivity contribution in [2.75, 3.05) is 0 Å². The van der Waals surface area contributed by atoms with Crippen LogP contribution >= 0.6 is 11.6 Å². The Hall–Kier alpha value is -1.13. The number of carbonyl (C=O) groups is 1. The van der Waals surface area contributed by atoms with Crippen molar-refractivity contribution in [2.45, 2.75) is 44.8 Å². The van der Waals surface area contributed by atoms with Crippen LogP contribution in [0.4, 0.5) is 4.39 Å². The molecule has 1 aromatic rings. The van der Waals surface area contributed by atoms with Crippen molar-refractivity contribution in [3.05, 3.63) is 34.6 Å². The SMILES string of the molecule is CC(C)(C)N1C(=O)CC(N)C1c1ccc(F)c(Cl)c1. The summed E-state index contributed by atoms with van der Waals surface area (Å²) < 4.78 is 13.2. The van der Waals surface area contributed by atoms with Crippen molar-refractivity contribution in [2.24, 2.45) is 5.73 Å². The first-order chi connectivity index (χ1) is 8.71. The largest absolute Gasteiger partial charge is 0.329 e. The van der Waals surface area contributed by atoms with E-state index in [2.05, 4.69) is 0 Å². The molecule has 1 saturated heterocycles. The number of likely N-dealkylation sites (tertiary alicyclic amines) is 1. The van der Waals surface area contributed by atoms with E-state index >= 15 is 0 Å². The molecule has 1 amide bonds. The topological polar surface area (TPSA) is 46.3 Å². The molecule has 0 bridgehead atoms. The molecule has 3 nitrogen and oxygen atoms in total. The number of nitrogens with zero attached hydrogens (tertiary/aromatic N) is 1. The molecule has 104 valence electrons. The van der Waals surface area contributed by atoms with Crippen molar-refractivity contribution in [3.8, 4) is 0 Å². The number of nitrogens with two attached hydrogens (primary N) is 1. The lowest BCUT2D eigenvalue weighted by molar-refractivity contribution is -0.133. The zero-order chi connectivity index (χ0) is 14.4. The lowest BCUT2D eigenvalue weighted by atomic mass is 9.97. The van der Waals surface area contributed by atoms with Gasteiger partial charge in [-0.05, 0) is 38.5 Å². The smallest absolute Gasteiger partial charge is 0.225 e. The van der Waals surface area contributed by atoms with Gasteiger partial charge in [0.2, 0.25) is 5.91 Å². The van der Waals surface area contributed by atoms with Crippen molar-refractivity contribution in [3.63, 3.8) is 0 Å². The van der Waals surface area contributed by atoms with Gasteiger partial charge in [-0.2, -0.15) is 0 Å². The summed E-state index contributed by atoms with van der Waals surface area (Å²) >= 11 is 5.82. The number of carbonyl (C=O) groups excluding carboxylic acids is 1. The summed E-state index contributed by atoms with van der Waals surface area (Å²) in [6.07, 6.45) is 0.303. The van der Waals surface area contributed by atoms with Crippen molar-refractivity contribution in [1.29, 1.82) is 0 Å². The Morgan fingerprint density at radius 3 is 2.58 bits per heavy atom. The molecular formula is C14H18ClFN2O. The second-order valence-electron chi connectivity index (χ2n) is 5.92. The van der Waals surface area contributed by atoms with Crippen LogP contribution in [0.25, 0.3) is 0 Å². The predicted octanol–water partition coefficient (Wildman–Crippen LogP) is 2.88. The first-order valence-electron chi connectivity index (χ1n) is 6.24. The van der Waals surface area contributed by atoms with Gasteiger partial charge in [0.1, 0.15) is 5.82 Å². The Kier molecular flexibility index (Phi) is 3.58. The second kappa shape index (κ2) is 4.76. The highest BCUT2D eigenvalue weighted by Gasteiger charge is 2.43. The Labute approximate surface area is 117 Å². The van der Waals surface area contributed by atoms with Crippen LogP contribution in [0.3, 0.4) is 0 Å². The summed E-state index contributed by atoms with van der Waals surface area (Å²) in [5.41, 5.74) is 6.52. The Balaban J connectivity index is 2.45. The monoisotopic (exact) mass is 284 g/mol. The number of rotatable bonds is 1. The average Bonchev–Trinajstić information content (AvgIpc) is 2.57. The molecule has 1 aliphatic rings. The van der Waals surface area contributed by atoms with Crippen LogP contribution in [-0.4, -0.2) is 22.4 Å². The number of halogens is 2. The van der Waals surface area contributed by atoms with Crippen LogP contribution in [0.2, 0.25) is 5.02 Å². The Bertz CT molecular complexity index is 513. The van der Waals surface area contributed by atoms with Crippen molar-refractivity contribution < 1.29 is 9.18 Å². The molecule has 19 heavy (non-hydrogen) atoms. The minimum Gasteiger partial charge on any atom is -0.329 e. The fourth-order valence-corrected chi connectivity index (χ4v) is 2.83. The van der Waals surface area contributed by atoms with Gasteiger partial charge in [-0.3, -0.25) is 4.79 Å². The molecule has 1 aromatic carbocycles. The summed E-state index contributed by atoms with van der Waals surface area (Å²) in [5.74, 6) is -0.448. The zero-order valence-electron chi connectivity index (χ0n) is 11.3. The number of hydrogen-bond donors (Lipinski definition) is 1. The number of amides is 1. The van der Waals surface area contributed by atoms with E-state index in [1.807, 2.05) is 20.8 Å². The van der Waals surface area contributed by atoms with Crippen molar-refractivity contribution >= 4 is 17.5 Å². The van der Waals surface area contributed by atoms with E-state index in [4.69, 9.17) is 17.3 Å². The predicted molar refractivity (Wildman–Crippen MR) is 73.3 cm³/mol. The molecular weight excluding hydrogens is 267 g/mol. The molecule has 2 N–H and O–H groups in total. The van der Waals surface area contributed by atoms with Gasteiger partial charge in [0, 0.05) is 18.0 Å². The lowest BCUT2D eigenvalue weighted by Gasteiger charge is -2.38. The van der Waals surface area contributed by atoms with Gasteiger partial charge in [-0.1, -0.05) is 17.7 Å². The summed E-state index contributed by atoms with van der Waals surface area (Å²) in [7, 11) is 0. The van der Waals surface area contributed by atoms with Gasteiger partial charge >= 0.3 is 0 Å². The van der Waals surface area contributed by atoms with Crippen LogP contribution in [-0.2, 0) is 4.79 Å². The van der Waals surface area contributed by atoms with Crippen LogP contribution in [0.1, 0.15) is 38.8 Å². The molecule has 0 aliphatic carbocycles. The molecule has 0 radical (unpaired) electrons.